The zero-order valence-electron chi connectivity index (χ0n) is 15.3. The minimum Gasteiger partial charge on any atom is -0.382 e. The second kappa shape index (κ2) is 6.52. The molecule has 26 heavy (non-hydrogen) atoms. The number of rotatable bonds is 2. The number of aromatic amines is 1. The number of nitrogen functional groups attached to an aromatic ring is 1. The van der Waals surface area contributed by atoms with Crippen LogP contribution in [0.5, 0.6) is 0 Å². The summed E-state index contributed by atoms with van der Waals surface area (Å²) in [6, 6.07) is 7.65. The van der Waals surface area contributed by atoms with Crippen LogP contribution >= 0.6 is 0 Å². The van der Waals surface area contributed by atoms with Gasteiger partial charge in [0.05, 0.1) is 11.1 Å². The number of hydrogen-bond donors (Lipinski definition) is 3. The van der Waals surface area contributed by atoms with Gasteiger partial charge in [0, 0.05) is 23.9 Å². The number of carbonyl (C=O) groups excluding carboxylic acids is 1. The Morgan fingerprint density at radius 3 is 2.69 bits per heavy atom. The molecule has 6 heteroatoms. The number of fused-ring (bicyclic) bond motifs is 1. The average molecular weight is 347 g/mol. The predicted octanol–water partition coefficient (Wildman–Crippen LogP) is 3.56. The van der Waals surface area contributed by atoms with Crippen molar-refractivity contribution in [3.05, 3.63) is 36.0 Å². The minimum atomic E-state index is -0.166. The molecule has 0 spiro atoms. The lowest BCUT2D eigenvalue weighted by Gasteiger charge is -2.09. The van der Waals surface area contributed by atoms with E-state index in [1.165, 1.54) is 6.92 Å². The first-order valence-corrected chi connectivity index (χ1v) is 8.28. The number of amides is 1. The Labute approximate surface area is 152 Å². The van der Waals surface area contributed by atoms with Gasteiger partial charge < -0.3 is 11.1 Å². The summed E-state index contributed by atoms with van der Waals surface area (Å²) in [7, 11) is 0. The molecule has 0 atom stereocenters. The van der Waals surface area contributed by atoms with Crippen molar-refractivity contribution in [2.75, 3.05) is 11.1 Å². The number of aromatic nitrogens is 3. The van der Waals surface area contributed by atoms with E-state index in [-0.39, 0.29) is 11.3 Å². The van der Waals surface area contributed by atoms with Crippen molar-refractivity contribution in [2.24, 2.45) is 5.41 Å². The quantitative estimate of drug-likeness (QED) is 0.618. The van der Waals surface area contributed by atoms with E-state index in [4.69, 9.17) is 5.73 Å². The number of H-pyrrole nitrogens is 1. The van der Waals surface area contributed by atoms with Crippen LogP contribution in [-0.4, -0.2) is 21.1 Å². The zero-order valence-corrected chi connectivity index (χ0v) is 15.3. The first kappa shape index (κ1) is 17.5. The van der Waals surface area contributed by atoms with Crippen molar-refractivity contribution in [1.29, 1.82) is 0 Å². The zero-order chi connectivity index (χ0) is 18.9. The molecule has 1 amide bonds. The fourth-order valence-corrected chi connectivity index (χ4v) is 2.52. The maximum atomic E-state index is 11.3. The van der Waals surface area contributed by atoms with E-state index in [9.17, 15) is 4.79 Å². The Morgan fingerprint density at radius 1 is 1.23 bits per heavy atom. The first-order chi connectivity index (χ1) is 12.2. The molecule has 3 rings (SSSR count). The fraction of sp³-hybridized carbons (Fsp3) is 0.250. The highest BCUT2D eigenvalue weighted by molar-refractivity contribution is 5.96. The number of hydrogen-bond acceptors (Lipinski definition) is 4. The van der Waals surface area contributed by atoms with Gasteiger partial charge in [-0.3, -0.25) is 9.89 Å². The monoisotopic (exact) mass is 347 g/mol. The van der Waals surface area contributed by atoms with Gasteiger partial charge in [-0.1, -0.05) is 11.8 Å². The van der Waals surface area contributed by atoms with Crippen molar-refractivity contribution in [2.45, 2.75) is 27.7 Å². The van der Waals surface area contributed by atoms with E-state index < -0.39 is 0 Å². The minimum absolute atomic E-state index is 0.122. The Balaban J connectivity index is 2.16. The second-order valence-corrected chi connectivity index (χ2v) is 7.17. The summed E-state index contributed by atoms with van der Waals surface area (Å²) in [4.78, 5) is 15.4. The van der Waals surface area contributed by atoms with Crippen molar-refractivity contribution < 1.29 is 4.79 Å². The van der Waals surface area contributed by atoms with Gasteiger partial charge in [-0.25, -0.2) is 4.98 Å². The van der Waals surface area contributed by atoms with Gasteiger partial charge in [-0.15, -0.1) is 0 Å². The third-order valence-electron chi connectivity index (χ3n) is 3.67. The summed E-state index contributed by atoms with van der Waals surface area (Å²) in [6.45, 7) is 7.63. The van der Waals surface area contributed by atoms with E-state index >= 15 is 0 Å². The standard InChI is InChI=1S/C20H21N5O/c1-12(26)23-17-11-13(6-8-22-17)15-9-14(5-7-20(2,3)4)18-16(10-15)19(21)25-24-18/h6,8-11H,1-4H3,(H3,21,24,25)(H,22,23,26). The number of carbonyl (C=O) groups is 1. The highest BCUT2D eigenvalue weighted by atomic mass is 16.1. The van der Waals surface area contributed by atoms with Gasteiger partial charge in [-0.2, -0.15) is 5.10 Å². The fourth-order valence-electron chi connectivity index (χ4n) is 2.52. The van der Waals surface area contributed by atoms with Crippen LogP contribution in [0.25, 0.3) is 22.0 Å². The summed E-state index contributed by atoms with van der Waals surface area (Å²) in [5.74, 6) is 7.24. The molecule has 0 aliphatic heterocycles. The van der Waals surface area contributed by atoms with Crippen LogP contribution in [0.1, 0.15) is 33.3 Å². The molecular formula is C20H21N5O. The largest absolute Gasteiger partial charge is 0.382 e. The summed E-state index contributed by atoms with van der Waals surface area (Å²) in [5.41, 5.74) is 9.37. The maximum absolute atomic E-state index is 11.3. The maximum Gasteiger partial charge on any atom is 0.222 e. The highest BCUT2D eigenvalue weighted by Gasteiger charge is 2.12. The predicted molar refractivity (Wildman–Crippen MR) is 104 cm³/mol. The van der Waals surface area contributed by atoms with Gasteiger partial charge in [0.1, 0.15) is 5.82 Å². The van der Waals surface area contributed by atoms with Crippen LogP contribution in [0.2, 0.25) is 0 Å². The summed E-state index contributed by atoms with van der Waals surface area (Å²) in [5, 5.41) is 10.6. The van der Waals surface area contributed by atoms with Crippen molar-refractivity contribution in [1.82, 2.24) is 15.2 Å². The number of nitrogens with two attached hydrogens (primary N) is 1. The Kier molecular flexibility index (Phi) is 4.39. The number of nitrogens with zero attached hydrogens (tertiary/aromatic N) is 2. The SMILES string of the molecule is CC(=O)Nc1cc(-c2cc(C#CC(C)(C)C)c3[nH]nc(N)c3c2)ccn1. The number of pyridine rings is 1. The molecular weight excluding hydrogens is 326 g/mol. The molecule has 0 radical (unpaired) electrons. The molecule has 0 bridgehead atoms. The first-order valence-electron chi connectivity index (χ1n) is 8.28. The number of anilines is 2. The summed E-state index contributed by atoms with van der Waals surface area (Å²) in [6.07, 6.45) is 1.66. The molecule has 1 aromatic carbocycles. The molecule has 0 fully saturated rings. The molecule has 2 aromatic heterocycles. The van der Waals surface area contributed by atoms with E-state index in [2.05, 4.69) is 53.1 Å². The lowest BCUT2D eigenvalue weighted by molar-refractivity contribution is -0.114. The topological polar surface area (TPSA) is 96.7 Å². The lowest BCUT2D eigenvalue weighted by atomic mass is 9.96. The van der Waals surface area contributed by atoms with E-state index in [0.29, 0.717) is 11.6 Å². The van der Waals surface area contributed by atoms with Gasteiger partial charge in [0.2, 0.25) is 5.91 Å². The molecule has 0 aliphatic carbocycles. The third-order valence-corrected chi connectivity index (χ3v) is 3.67. The van der Waals surface area contributed by atoms with Crippen LogP contribution in [0.4, 0.5) is 11.6 Å². The Morgan fingerprint density at radius 2 is 2.00 bits per heavy atom. The lowest BCUT2D eigenvalue weighted by Crippen LogP contribution is -2.07. The smallest absolute Gasteiger partial charge is 0.222 e. The van der Waals surface area contributed by atoms with Gasteiger partial charge in [0.15, 0.2) is 5.82 Å². The molecule has 0 saturated carbocycles. The molecule has 0 aliphatic rings. The van der Waals surface area contributed by atoms with Crippen LogP contribution in [0.15, 0.2) is 30.5 Å². The van der Waals surface area contributed by atoms with E-state index in [1.807, 2.05) is 24.3 Å². The summed E-state index contributed by atoms with van der Waals surface area (Å²) >= 11 is 0. The molecule has 132 valence electrons. The molecule has 2 heterocycles. The summed E-state index contributed by atoms with van der Waals surface area (Å²) < 4.78 is 0. The molecule has 0 saturated heterocycles. The molecule has 0 unspecified atom stereocenters. The van der Waals surface area contributed by atoms with Crippen LogP contribution in [-0.2, 0) is 4.79 Å². The van der Waals surface area contributed by atoms with Crippen molar-refractivity contribution >= 4 is 28.4 Å². The molecule has 4 N–H and O–H groups in total. The normalized spacial score (nSPS) is 11.1. The molecule has 6 nitrogen and oxygen atoms in total. The van der Waals surface area contributed by atoms with E-state index in [0.717, 1.165) is 27.6 Å². The third kappa shape index (κ3) is 3.83. The van der Waals surface area contributed by atoms with Crippen molar-refractivity contribution in [3.8, 4) is 23.0 Å². The Hall–Kier alpha value is -3.33. The van der Waals surface area contributed by atoms with Gasteiger partial charge >= 0.3 is 0 Å². The van der Waals surface area contributed by atoms with Crippen LogP contribution in [0.3, 0.4) is 0 Å². The number of nitrogens with one attached hydrogen (secondary N) is 2. The van der Waals surface area contributed by atoms with Crippen LogP contribution in [0, 0.1) is 17.3 Å². The van der Waals surface area contributed by atoms with Crippen molar-refractivity contribution in [3.63, 3.8) is 0 Å². The molecule has 3 aromatic rings. The van der Waals surface area contributed by atoms with E-state index in [1.54, 1.807) is 6.20 Å². The Bertz CT molecular complexity index is 1050. The average Bonchev–Trinajstić information content (AvgIpc) is 2.93. The van der Waals surface area contributed by atoms with Crippen LogP contribution < -0.4 is 11.1 Å². The van der Waals surface area contributed by atoms with Gasteiger partial charge in [-0.05, 0) is 56.2 Å². The second-order valence-electron chi connectivity index (χ2n) is 7.17. The highest BCUT2D eigenvalue weighted by Crippen LogP contribution is 2.30. The number of benzene rings is 1. The van der Waals surface area contributed by atoms with Gasteiger partial charge in [0.25, 0.3) is 0 Å².